The number of carboxylic acid groups (broad SMARTS) is 4. The van der Waals surface area contributed by atoms with E-state index in [1.807, 2.05) is 0 Å². The fourth-order valence-electron chi connectivity index (χ4n) is 4.89. The molecule has 28 heavy (non-hydrogen) atoms. The molecule has 2 fully saturated rings. The van der Waals surface area contributed by atoms with Gasteiger partial charge in [-0.3, -0.25) is 9.59 Å². The van der Waals surface area contributed by atoms with Gasteiger partial charge in [0.25, 0.3) is 0 Å². The lowest BCUT2D eigenvalue weighted by Crippen LogP contribution is -2.61. The molecule has 0 amide bonds. The Bertz CT molecular complexity index is 802. The molecule has 3 aliphatic rings. The molecule has 0 aromatic heterocycles. The van der Waals surface area contributed by atoms with Gasteiger partial charge in [0, 0.05) is 0 Å². The highest BCUT2D eigenvalue weighted by molar-refractivity contribution is 5.96. The topological polar surface area (TPSA) is 149 Å². The van der Waals surface area contributed by atoms with Gasteiger partial charge in [-0.1, -0.05) is 12.8 Å². The number of carbonyl (C=O) groups is 4. The molecule has 2 atom stereocenters. The van der Waals surface area contributed by atoms with Crippen molar-refractivity contribution in [2.45, 2.75) is 51.4 Å². The van der Waals surface area contributed by atoms with E-state index >= 15 is 0 Å². The summed E-state index contributed by atoms with van der Waals surface area (Å²) < 4.78 is 0. The third-order valence-corrected chi connectivity index (χ3v) is 6.69. The minimum absolute atomic E-state index is 0.233. The summed E-state index contributed by atoms with van der Waals surface area (Å²) in [6.07, 6.45) is 5.17. The van der Waals surface area contributed by atoms with Gasteiger partial charge in [-0.25, -0.2) is 9.59 Å². The molecular formula is C20H22O8. The number of fused-ring (bicyclic) bond motifs is 2. The van der Waals surface area contributed by atoms with Crippen molar-refractivity contribution in [3.05, 3.63) is 34.4 Å². The second-order valence-electron chi connectivity index (χ2n) is 7.71. The van der Waals surface area contributed by atoms with E-state index in [1.165, 1.54) is 12.1 Å². The zero-order valence-corrected chi connectivity index (χ0v) is 15.2. The zero-order chi connectivity index (χ0) is 20.7. The summed E-state index contributed by atoms with van der Waals surface area (Å²) in [6, 6.07) is 2.73. The number of benzene rings is 1. The Morgan fingerprint density at radius 1 is 0.643 bits per heavy atom. The quantitative estimate of drug-likeness (QED) is 0.613. The molecule has 0 bridgehead atoms. The maximum atomic E-state index is 11.2. The highest BCUT2D eigenvalue weighted by Gasteiger charge is 2.68. The molecule has 0 heterocycles. The molecule has 1 aromatic carbocycles. The fraction of sp³-hybridized carbons (Fsp3) is 0.500. The maximum absolute atomic E-state index is 11.2. The normalized spacial score (nSPS) is 26.9. The van der Waals surface area contributed by atoms with Gasteiger partial charge in [0.15, 0.2) is 0 Å². The molecule has 150 valence electrons. The smallest absolute Gasteiger partial charge is 0.335 e. The molecular weight excluding hydrogens is 368 g/mol. The molecule has 8 nitrogen and oxygen atoms in total. The molecule has 4 N–H and O–H groups in total. The van der Waals surface area contributed by atoms with Gasteiger partial charge in [-0.2, -0.15) is 0 Å². The summed E-state index contributed by atoms with van der Waals surface area (Å²) in [5.74, 6) is -3.80. The van der Waals surface area contributed by atoms with E-state index in [0.29, 0.717) is 49.7 Å². The first-order chi connectivity index (χ1) is 13.2. The maximum Gasteiger partial charge on any atom is 0.335 e. The second-order valence-corrected chi connectivity index (χ2v) is 7.71. The molecule has 4 rings (SSSR count). The summed E-state index contributed by atoms with van der Waals surface area (Å²) in [5.41, 5.74) is -0.0731. The number of hydrogen-bond acceptors (Lipinski definition) is 4. The predicted molar refractivity (Wildman–Crippen MR) is 95.6 cm³/mol. The van der Waals surface area contributed by atoms with Crippen molar-refractivity contribution in [3.63, 3.8) is 0 Å². The summed E-state index contributed by atoms with van der Waals surface area (Å²) in [6.45, 7) is 0. The Balaban J connectivity index is 0.000000161. The first kappa shape index (κ1) is 19.9. The summed E-state index contributed by atoms with van der Waals surface area (Å²) in [5, 5.41) is 36.0. The molecule has 0 aliphatic heterocycles. The van der Waals surface area contributed by atoms with Crippen LogP contribution in [0.15, 0.2) is 12.1 Å². The summed E-state index contributed by atoms with van der Waals surface area (Å²) >= 11 is 0. The third-order valence-electron chi connectivity index (χ3n) is 6.69. The fourth-order valence-corrected chi connectivity index (χ4v) is 4.89. The Kier molecular flexibility index (Phi) is 4.91. The van der Waals surface area contributed by atoms with Crippen molar-refractivity contribution < 1.29 is 39.6 Å². The Labute approximate surface area is 160 Å². The Morgan fingerprint density at radius 3 is 1.21 bits per heavy atom. The monoisotopic (exact) mass is 390 g/mol. The van der Waals surface area contributed by atoms with Crippen LogP contribution in [-0.4, -0.2) is 44.3 Å². The van der Waals surface area contributed by atoms with Crippen LogP contribution in [-0.2, 0) is 22.4 Å². The molecule has 3 aliphatic carbocycles. The minimum Gasteiger partial charge on any atom is -0.481 e. The zero-order valence-electron chi connectivity index (χ0n) is 15.2. The van der Waals surface area contributed by atoms with E-state index in [1.54, 1.807) is 0 Å². The van der Waals surface area contributed by atoms with Gasteiger partial charge in [-0.05, 0) is 61.8 Å². The van der Waals surface area contributed by atoms with Crippen LogP contribution in [0.5, 0.6) is 0 Å². The number of aliphatic carboxylic acids is 2. The standard InChI is InChI=1S/C10H8O4.C10H14O4/c11-9(12)7-3-4-8(10(13)14)6-2-1-5(6)7;11-7(12)9-3-1-2-4-10(9,6-5-9)8(13)14/h3-4H,1-2H2,(H,11,12)(H,13,14);1-6H2,(H,11,12)(H,13,14). The molecule has 1 aromatic rings. The van der Waals surface area contributed by atoms with Crippen LogP contribution in [0, 0.1) is 10.8 Å². The largest absolute Gasteiger partial charge is 0.481 e. The molecule has 0 saturated heterocycles. The van der Waals surface area contributed by atoms with E-state index in [0.717, 1.165) is 12.8 Å². The van der Waals surface area contributed by atoms with Crippen molar-refractivity contribution >= 4 is 23.9 Å². The molecule has 0 spiro atoms. The van der Waals surface area contributed by atoms with E-state index in [2.05, 4.69) is 0 Å². The highest BCUT2D eigenvalue weighted by atomic mass is 16.4. The van der Waals surface area contributed by atoms with E-state index in [-0.39, 0.29) is 11.1 Å². The molecule has 8 heteroatoms. The van der Waals surface area contributed by atoms with Gasteiger partial charge in [0.2, 0.25) is 0 Å². The van der Waals surface area contributed by atoms with Crippen LogP contribution in [0.4, 0.5) is 0 Å². The van der Waals surface area contributed by atoms with Crippen LogP contribution in [0.1, 0.15) is 70.4 Å². The van der Waals surface area contributed by atoms with Crippen LogP contribution < -0.4 is 0 Å². The predicted octanol–water partition coefficient (Wildman–Crippen LogP) is 2.68. The van der Waals surface area contributed by atoms with Gasteiger partial charge < -0.3 is 20.4 Å². The van der Waals surface area contributed by atoms with E-state index in [9.17, 15) is 19.2 Å². The summed E-state index contributed by atoms with van der Waals surface area (Å²) in [4.78, 5) is 43.9. The highest BCUT2D eigenvalue weighted by Crippen LogP contribution is 2.64. The number of carboxylic acids is 4. The molecule has 2 saturated carbocycles. The second kappa shape index (κ2) is 6.92. The number of aromatic carboxylic acids is 2. The Morgan fingerprint density at radius 2 is 1.00 bits per heavy atom. The van der Waals surface area contributed by atoms with Crippen LogP contribution >= 0.6 is 0 Å². The first-order valence-electron chi connectivity index (χ1n) is 9.24. The van der Waals surface area contributed by atoms with Crippen molar-refractivity contribution in [1.29, 1.82) is 0 Å². The van der Waals surface area contributed by atoms with Crippen molar-refractivity contribution in [2.24, 2.45) is 10.8 Å². The van der Waals surface area contributed by atoms with Gasteiger partial charge in [0.1, 0.15) is 0 Å². The Hall–Kier alpha value is -2.90. The minimum atomic E-state index is -0.988. The average Bonchev–Trinajstić information content (AvgIpc) is 2.56. The van der Waals surface area contributed by atoms with Gasteiger partial charge >= 0.3 is 23.9 Å². The summed E-state index contributed by atoms with van der Waals surface area (Å²) in [7, 11) is 0. The van der Waals surface area contributed by atoms with E-state index in [4.69, 9.17) is 20.4 Å². The molecule has 0 radical (unpaired) electrons. The van der Waals surface area contributed by atoms with E-state index < -0.39 is 34.7 Å². The van der Waals surface area contributed by atoms with Crippen LogP contribution in [0.3, 0.4) is 0 Å². The van der Waals surface area contributed by atoms with Gasteiger partial charge in [0.05, 0.1) is 22.0 Å². The number of hydrogen-bond donors (Lipinski definition) is 4. The number of rotatable bonds is 4. The first-order valence-corrected chi connectivity index (χ1v) is 9.24. The van der Waals surface area contributed by atoms with Crippen molar-refractivity contribution in [3.8, 4) is 0 Å². The lowest BCUT2D eigenvalue weighted by atomic mass is 9.44. The third kappa shape index (κ3) is 2.75. The van der Waals surface area contributed by atoms with Crippen molar-refractivity contribution in [1.82, 2.24) is 0 Å². The molecule has 2 unspecified atom stereocenters. The lowest BCUT2D eigenvalue weighted by molar-refractivity contribution is -0.201. The van der Waals surface area contributed by atoms with Crippen LogP contribution in [0.25, 0.3) is 0 Å². The lowest BCUT2D eigenvalue weighted by Gasteiger charge is -2.56. The SMILES string of the molecule is O=C(O)C12CCCCC1(C(=O)O)CC2.O=C(O)c1ccc(C(=O)O)c2c1CC2. The average molecular weight is 390 g/mol. The van der Waals surface area contributed by atoms with Crippen LogP contribution in [0.2, 0.25) is 0 Å². The van der Waals surface area contributed by atoms with Crippen molar-refractivity contribution in [2.75, 3.05) is 0 Å². The van der Waals surface area contributed by atoms with Gasteiger partial charge in [-0.15, -0.1) is 0 Å².